The molecular formula is C8H8F3NO3. The molecule has 15 heavy (non-hydrogen) atoms. The molecule has 0 radical (unpaired) electrons. The Kier molecular flexibility index (Phi) is 1.81. The molecule has 1 heterocycles. The lowest BCUT2D eigenvalue weighted by Crippen LogP contribution is -2.42. The number of piperidine rings is 1. The normalized spacial score (nSPS) is 33.8. The third kappa shape index (κ3) is 1.37. The molecule has 1 saturated carbocycles. The van der Waals surface area contributed by atoms with E-state index in [9.17, 15) is 22.8 Å². The third-order valence-corrected chi connectivity index (χ3v) is 3.10. The molecule has 0 spiro atoms. The van der Waals surface area contributed by atoms with Gasteiger partial charge in [-0.25, -0.2) is 0 Å². The smallest absolute Gasteiger partial charge is 0.471 e. The van der Waals surface area contributed by atoms with Gasteiger partial charge in [-0.15, -0.1) is 0 Å². The van der Waals surface area contributed by atoms with E-state index >= 15 is 0 Å². The Bertz CT molecular complexity index is 341. The van der Waals surface area contributed by atoms with E-state index in [-0.39, 0.29) is 19.0 Å². The Hall–Kier alpha value is -1.27. The van der Waals surface area contributed by atoms with E-state index in [1.165, 1.54) is 0 Å². The molecule has 7 heteroatoms. The lowest BCUT2D eigenvalue weighted by atomic mass is 10.1. The number of hydrogen-bond acceptors (Lipinski definition) is 2. The summed E-state index contributed by atoms with van der Waals surface area (Å²) in [5, 5.41) is 8.80. The van der Waals surface area contributed by atoms with Crippen molar-refractivity contribution in [3.63, 3.8) is 0 Å². The van der Waals surface area contributed by atoms with E-state index < -0.39 is 23.5 Å². The van der Waals surface area contributed by atoms with Gasteiger partial charge in [-0.05, 0) is 12.3 Å². The number of rotatable bonds is 1. The predicted molar refractivity (Wildman–Crippen MR) is 40.8 cm³/mol. The van der Waals surface area contributed by atoms with Crippen LogP contribution >= 0.6 is 0 Å². The van der Waals surface area contributed by atoms with Gasteiger partial charge < -0.3 is 10.0 Å². The van der Waals surface area contributed by atoms with E-state index in [1.54, 1.807) is 0 Å². The van der Waals surface area contributed by atoms with E-state index in [2.05, 4.69) is 0 Å². The minimum Gasteiger partial charge on any atom is -0.481 e. The van der Waals surface area contributed by atoms with Crippen molar-refractivity contribution in [2.75, 3.05) is 13.1 Å². The molecule has 0 aromatic carbocycles. The molecule has 2 fully saturated rings. The number of carbonyl (C=O) groups is 2. The zero-order valence-corrected chi connectivity index (χ0v) is 7.54. The molecule has 4 nitrogen and oxygen atoms in total. The highest BCUT2D eigenvalue weighted by Crippen LogP contribution is 2.58. The predicted octanol–water partition coefficient (Wildman–Crippen LogP) is 0.482. The van der Waals surface area contributed by atoms with Crippen molar-refractivity contribution in [3.05, 3.63) is 0 Å². The lowest BCUT2D eigenvalue weighted by Gasteiger charge is -2.20. The van der Waals surface area contributed by atoms with Crippen LogP contribution in [-0.2, 0) is 9.59 Å². The van der Waals surface area contributed by atoms with Crippen molar-refractivity contribution in [1.29, 1.82) is 0 Å². The molecule has 2 atom stereocenters. The fourth-order valence-corrected chi connectivity index (χ4v) is 2.15. The number of fused-ring (bicyclic) bond motifs is 1. The average molecular weight is 223 g/mol. The maximum absolute atomic E-state index is 12.0. The molecule has 2 rings (SSSR count). The molecule has 1 saturated heterocycles. The highest BCUT2D eigenvalue weighted by molar-refractivity contribution is 5.86. The number of alkyl halides is 3. The van der Waals surface area contributed by atoms with E-state index in [1.807, 2.05) is 0 Å². The molecule has 84 valence electrons. The largest absolute Gasteiger partial charge is 0.481 e. The summed E-state index contributed by atoms with van der Waals surface area (Å²) in [5.74, 6) is -3.35. The van der Waals surface area contributed by atoms with E-state index in [0.717, 1.165) is 0 Å². The SMILES string of the molecule is O=C(N1C[C@H]2C[C@]2(C(=O)O)C1)C(F)(F)F. The number of nitrogens with zero attached hydrogens (tertiary/aromatic N) is 1. The zero-order chi connectivity index (χ0) is 11.4. The van der Waals surface area contributed by atoms with Crippen LogP contribution in [0, 0.1) is 11.3 Å². The van der Waals surface area contributed by atoms with Crippen LogP contribution in [0.1, 0.15) is 6.42 Å². The van der Waals surface area contributed by atoms with E-state index in [4.69, 9.17) is 5.11 Å². The van der Waals surface area contributed by atoms with Crippen LogP contribution in [0.2, 0.25) is 0 Å². The molecule has 1 aliphatic carbocycles. The maximum Gasteiger partial charge on any atom is 0.471 e. The summed E-state index contributed by atoms with van der Waals surface area (Å²) >= 11 is 0. The zero-order valence-electron chi connectivity index (χ0n) is 7.54. The number of aliphatic carboxylic acids is 1. The number of carboxylic acids is 1. The minimum absolute atomic E-state index is 0.0926. The Morgan fingerprint density at radius 2 is 2.00 bits per heavy atom. The summed E-state index contributed by atoms with van der Waals surface area (Å²) in [5.41, 5.74) is -1.10. The topological polar surface area (TPSA) is 57.6 Å². The van der Waals surface area contributed by atoms with Gasteiger partial charge in [0.2, 0.25) is 0 Å². The Balaban J connectivity index is 2.07. The average Bonchev–Trinajstić information content (AvgIpc) is 2.67. The van der Waals surface area contributed by atoms with Gasteiger partial charge in [0.05, 0.1) is 5.41 Å². The lowest BCUT2D eigenvalue weighted by molar-refractivity contribution is -0.185. The number of carboxylic acid groups (broad SMARTS) is 1. The number of hydrogen-bond donors (Lipinski definition) is 1. The van der Waals surface area contributed by atoms with Gasteiger partial charge in [0.25, 0.3) is 0 Å². The molecule has 0 aromatic rings. The molecule has 0 unspecified atom stereocenters. The Labute approximate surface area is 82.7 Å². The minimum atomic E-state index is -4.91. The van der Waals surface area contributed by atoms with Crippen LogP contribution in [0.5, 0.6) is 0 Å². The van der Waals surface area contributed by atoms with Crippen LogP contribution in [0.25, 0.3) is 0 Å². The quantitative estimate of drug-likeness (QED) is 0.703. The van der Waals surface area contributed by atoms with Gasteiger partial charge in [0.15, 0.2) is 0 Å². The van der Waals surface area contributed by atoms with Gasteiger partial charge in [0, 0.05) is 13.1 Å². The highest BCUT2D eigenvalue weighted by atomic mass is 19.4. The number of halogens is 3. The first-order chi connectivity index (χ1) is 6.77. The molecule has 0 bridgehead atoms. The van der Waals surface area contributed by atoms with Crippen molar-refractivity contribution in [3.8, 4) is 0 Å². The monoisotopic (exact) mass is 223 g/mol. The van der Waals surface area contributed by atoms with Crippen LogP contribution in [0.15, 0.2) is 0 Å². The van der Waals surface area contributed by atoms with Gasteiger partial charge in [-0.1, -0.05) is 0 Å². The van der Waals surface area contributed by atoms with Crippen LogP contribution in [-0.4, -0.2) is 41.1 Å². The fraction of sp³-hybridized carbons (Fsp3) is 0.750. The van der Waals surface area contributed by atoms with Crippen molar-refractivity contribution >= 4 is 11.9 Å². The fourth-order valence-electron chi connectivity index (χ4n) is 2.15. The molecule has 2 aliphatic rings. The third-order valence-electron chi connectivity index (χ3n) is 3.10. The number of likely N-dealkylation sites (tertiary alicyclic amines) is 1. The summed E-state index contributed by atoms with van der Waals surface area (Å²) in [6.07, 6.45) is -4.53. The second kappa shape index (κ2) is 2.65. The summed E-state index contributed by atoms with van der Waals surface area (Å²) < 4.78 is 36.1. The Morgan fingerprint density at radius 1 is 1.40 bits per heavy atom. The van der Waals surface area contributed by atoms with Gasteiger partial charge in [-0.2, -0.15) is 13.2 Å². The summed E-state index contributed by atoms with van der Waals surface area (Å²) in [6.45, 7) is -0.407. The number of amides is 1. The summed E-state index contributed by atoms with van der Waals surface area (Å²) in [6, 6.07) is 0. The van der Waals surface area contributed by atoms with Crippen LogP contribution in [0.3, 0.4) is 0 Å². The van der Waals surface area contributed by atoms with Crippen LogP contribution < -0.4 is 0 Å². The van der Waals surface area contributed by atoms with Gasteiger partial charge >= 0.3 is 18.1 Å². The Morgan fingerprint density at radius 3 is 2.40 bits per heavy atom. The van der Waals surface area contributed by atoms with Crippen molar-refractivity contribution in [1.82, 2.24) is 4.90 Å². The number of carbonyl (C=O) groups excluding carboxylic acids is 1. The van der Waals surface area contributed by atoms with E-state index in [0.29, 0.717) is 11.3 Å². The molecule has 1 aliphatic heterocycles. The molecule has 0 aromatic heterocycles. The van der Waals surface area contributed by atoms with Gasteiger partial charge in [-0.3, -0.25) is 9.59 Å². The van der Waals surface area contributed by atoms with Gasteiger partial charge in [0.1, 0.15) is 0 Å². The van der Waals surface area contributed by atoms with Crippen LogP contribution in [0.4, 0.5) is 13.2 Å². The first kappa shape index (κ1) is 10.3. The van der Waals surface area contributed by atoms with Crippen molar-refractivity contribution in [2.45, 2.75) is 12.6 Å². The second-order valence-electron chi connectivity index (χ2n) is 4.05. The highest BCUT2D eigenvalue weighted by Gasteiger charge is 2.67. The van der Waals surface area contributed by atoms with Crippen molar-refractivity contribution < 1.29 is 27.9 Å². The molecular weight excluding hydrogens is 215 g/mol. The maximum atomic E-state index is 12.0. The second-order valence-corrected chi connectivity index (χ2v) is 4.05. The summed E-state index contributed by atoms with van der Waals surface area (Å²) in [4.78, 5) is 22.2. The summed E-state index contributed by atoms with van der Waals surface area (Å²) in [7, 11) is 0. The first-order valence-electron chi connectivity index (χ1n) is 4.37. The molecule has 1 N–H and O–H groups in total. The van der Waals surface area contributed by atoms with Crippen molar-refractivity contribution in [2.24, 2.45) is 11.3 Å². The standard InChI is InChI=1S/C8H8F3NO3/c9-8(10,11)5(13)12-2-4-1-7(4,3-12)6(14)15/h4H,1-3H2,(H,14,15)/t4-,7+/m1/s1. The molecule has 1 amide bonds. The first-order valence-corrected chi connectivity index (χ1v) is 4.37.